The fourth-order valence-electron chi connectivity index (χ4n) is 2.30. The lowest BCUT2D eigenvalue weighted by molar-refractivity contribution is -0.151. The summed E-state index contributed by atoms with van der Waals surface area (Å²) >= 11 is 0. The summed E-state index contributed by atoms with van der Waals surface area (Å²) in [5.74, 6) is -2.23. The molecule has 0 aromatic carbocycles. The molecular weight excluding hydrogens is 232 g/mol. The van der Waals surface area contributed by atoms with E-state index < -0.39 is 23.3 Å². The van der Waals surface area contributed by atoms with E-state index >= 15 is 0 Å². The maximum atomic E-state index is 11.2. The van der Waals surface area contributed by atoms with E-state index in [0.29, 0.717) is 12.8 Å². The van der Waals surface area contributed by atoms with Gasteiger partial charge in [0.1, 0.15) is 0 Å². The lowest BCUT2D eigenvalue weighted by atomic mass is 9.77. The fourth-order valence-corrected chi connectivity index (χ4v) is 2.30. The summed E-state index contributed by atoms with van der Waals surface area (Å²) in [5, 5.41) is 18.3. The SMILES string of the molecule is CCCCCC(C(=O)O)C(C)CC(C)(C)C(=O)O. The van der Waals surface area contributed by atoms with Crippen molar-refractivity contribution in [3.05, 3.63) is 0 Å². The molecule has 2 atom stereocenters. The van der Waals surface area contributed by atoms with Crippen molar-refractivity contribution in [1.29, 1.82) is 0 Å². The van der Waals surface area contributed by atoms with Gasteiger partial charge in [-0.15, -0.1) is 0 Å². The van der Waals surface area contributed by atoms with Crippen molar-refractivity contribution in [2.45, 2.75) is 59.8 Å². The van der Waals surface area contributed by atoms with Crippen LogP contribution in [0.3, 0.4) is 0 Å². The Morgan fingerprint density at radius 1 is 1.17 bits per heavy atom. The third kappa shape index (κ3) is 5.52. The Labute approximate surface area is 109 Å². The van der Waals surface area contributed by atoms with Crippen LogP contribution in [-0.2, 0) is 9.59 Å². The number of hydrogen-bond donors (Lipinski definition) is 2. The maximum absolute atomic E-state index is 11.2. The van der Waals surface area contributed by atoms with Crippen LogP contribution in [0.5, 0.6) is 0 Å². The number of hydrogen-bond acceptors (Lipinski definition) is 2. The molecule has 2 unspecified atom stereocenters. The Hall–Kier alpha value is -1.06. The Morgan fingerprint density at radius 2 is 1.72 bits per heavy atom. The molecule has 0 radical (unpaired) electrons. The minimum absolute atomic E-state index is 0.120. The molecule has 18 heavy (non-hydrogen) atoms. The molecule has 0 aliphatic heterocycles. The van der Waals surface area contributed by atoms with Crippen LogP contribution >= 0.6 is 0 Å². The van der Waals surface area contributed by atoms with Crippen LogP contribution in [-0.4, -0.2) is 22.2 Å². The Morgan fingerprint density at radius 3 is 2.11 bits per heavy atom. The van der Waals surface area contributed by atoms with Crippen molar-refractivity contribution in [3.63, 3.8) is 0 Å². The van der Waals surface area contributed by atoms with Gasteiger partial charge in [-0.05, 0) is 32.6 Å². The summed E-state index contributed by atoms with van der Waals surface area (Å²) in [5.41, 5.74) is -0.863. The first-order chi connectivity index (χ1) is 8.22. The Kier molecular flexibility index (Phi) is 6.96. The smallest absolute Gasteiger partial charge is 0.309 e. The first-order valence-electron chi connectivity index (χ1n) is 6.68. The van der Waals surface area contributed by atoms with E-state index in [1.54, 1.807) is 13.8 Å². The van der Waals surface area contributed by atoms with E-state index in [2.05, 4.69) is 6.92 Å². The summed E-state index contributed by atoms with van der Waals surface area (Å²) in [6.45, 7) is 7.22. The second-order valence-electron chi connectivity index (χ2n) is 5.81. The van der Waals surface area contributed by atoms with Gasteiger partial charge in [0.15, 0.2) is 0 Å². The van der Waals surface area contributed by atoms with Crippen molar-refractivity contribution < 1.29 is 19.8 Å². The van der Waals surface area contributed by atoms with Crippen molar-refractivity contribution >= 4 is 11.9 Å². The molecular formula is C14H26O4. The summed E-state index contributed by atoms with van der Waals surface area (Å²) in [7, 11) is 0. The predicted octanol–water partition coefficient (Wildman–Crippen LogP) is 3.40. The molecule has 0 spiro atoms. The molecule has 2 N–H and O–H groups in total. The van der Waals surface area contributed by atoms with Gasteiger partial charge in [0, 0.05) is 0 Å². The molecule has 0 amide bonds. The Bertz CT molecular complexity index is 284. The van der Waals surface area contributed by atoms with Crippen molar-refractivity contribution in [2.24, 2.45) is 17.3 Å². The molecule has 0 aliphatic carbocycles. The van der Waals surface area contributed by atoms with Gasteiger partial charge in [0.25, 0.3) is 0 Å². The standard InChI is InChI=1S/C14H26O4/c1-5-6-7-8-11(12(15)16)10(2)9-14(3,4)13(17)18/h10-11H,5-9H2,1-4H3,(H,15,16)(H,17,18). The van der Waals surface area contributed by atoms with Crippen LogP contribution in [0, 0.1) is 17.3 Å². The monoisotopic (exact) mass is 258 g/mol. The Balaban J connectivity index is 4.52. The maximum Gasteiger partial charge on any atom is 0.309 e. The van der Waals surface area contributed by atoms with Crippen LogP contribution < -0.4 is 0 Å². The van der Waals surface area contributed by atoms with Gasteiger partial charge in [-0.25, -0.2) is 0 Å². The minimum atomic E-state index is -0.868. The van der Waals surface area contributed by atoms with Gasteiger partial charge in [-0.3, -0.25) is 9.59 Å². The molecule has 0 aromatic rings. The van der Waals surface area contributed by atoms with Crippen molar-refractivity contribution in [1.82, 2.24) is 0 Å². The highest BCUT2D eigenvalue weighted by atomic mass is 16.4. The molecule has 0 aromatic heterocycles. The van der Waals surface area contributed by atoms with Crippen LogP contribution in [0.1, 0.15) is 59.8 Å². The number of carbonyl (C=O) groups is 2. The molecule has 0 heterocycles. The van der Waals surface area contributed by atoms with E-state index in [1.807, 2.05) is 6.92 Å². The lowest BCUT2D eigenvalue weighted by Gasteiger charge is -2.27. The number of rotatable bonds is 9. The largest absolute Gasteiger partial charge is 0.481 e. The van der Waals surface area contributed by atoms with Gasteiger partial charge in [0.2, 0.25) is 0 Å². The van der Waals surface area contributed by atoms with Crippen LogP contribution in [0.2, 0.25) is 0 Å². The molecule has 0 saturated carbocycles. The van der Waals surface area contributed by atoms with Crippen LogP contribution in [0.15, 0.2) is 0 Å². The second-order valence-corrected chi connectivity index (χ2v) is 5.81. The van der Waals surface area contributed by atoms with Crippen LogP contribution in [0.25, 0.3) is 0 Å². The first kappa shape index (κ1) is 16.9. The third-order valence-corrected chi connectivity index (χ3v) is 3.53. The van der Waals surface area contributed by atoms with Crippen molar-refractivity contribution in [3.8, 4) is 0 Å². The molecule has 4 heteroatoms. The number of carboxylic acids is 2. The zero-order valence-electron chi connectivity index (χ0n) is 11.9. The first-order valence-corrected chi connectivity index (χ1v) is 6.68. The zero-order chi connectivity index (χ0) is 14.3. The van der Waals surface area contributed by atoms with E-state index in [1.165, 1.54) is 0 Å². The van der Waals surface area contributed by atoms with Gasteiger partial charge in [0.05, 0.1) is 11.3 Å². The highest BCUT2D eigenvalue weighted by molar-refractivity contribution is 5.74. The average molecular weight is 258 g/mol. The van der Waals surface area contributed by atoms with E-state index in [-0.39, 0.29) is 5.92 Å². The molecule has 0 saturated heterocycles. The summed E-state index contributed by atoms with van der Waals surface area (Å²) in [6, 6.07) is 0. The topological polar surface area (TPSA) is 74.6 Å². The summed E-state index contributed by atoms with van der Waals surface area (Å²) in [4.78, 5) is 22.3. The molecule has 0 bridgehead atoms. The van der Waals surface area contributed by atoms with Crippen molar-refractivity contribution in [2.75, 3.05) is 0 Å². The van der Waals surface area contributed by atoms with Gasteiger partial charge < -0.3 is 10.2 Å². The molecule has 0 fully saturated rings. The van der Waals surface area contributed by atoms with E-state index in [9.17, 15) is 14.7 Å². The normalized spacial score (nSPS) is 15.1. The average Bonchev–Trinajstić information content (AvgIpc) is 2.22. The third-order valence-electron chi connectivity index (χ3n) is 3.53. The van der Waals surface area contributed by atoms with E-state index in [4.69, 9.17) is 5.11 Å². The molecule has 4 nitrogen and oxygen atoms in total. The fraction of sp³-hybridized carbons (Fsp3) is 0.857. The molecule has 0 aliphatic rings. The summed E-state index contributed by atoms with van der Waals surface area (Å²) < 4.78 is 0. The highest BCUT2D eigenvalue weighted by Crippen LogP contribution is 2.32. The quantitative estimate of drug-likeness (QED) is 0.621. The van der Waals surface area contributed by atoms with Gasteiger partial charge in [-0.1, -0.05) is 33.1 Å². The predicted molar refractivity (Wildman–Crippen MR) is 70.5 cm³/mol. The highest BCUT2D eigenvalue weighted by Gasteiger charge is 2.34. The van der Waals surface area contributed by atoms with E-state index in [0.717, 1.165) is 19.3 Å². The number of unbranched alkanes of at least 4 members (excludes halogenated alkanes) is 2. The van der Waals surface area contributed by atoms with Gasteiger partial charge in [-0.2, -0.15) is 0 Å². The molecule has 106 valence electrons. The number of aliphatic carboxylic acids is 2. The summed E-state index contributed by atoms with van der Waals surface area (Å²) in [6.07, 6.45) is 4.01. The molecule has 0 rings (SSSR count). The van der Waals surface area contributed by atoms with Gasteiger partial charge >= 0.3 is 11.9 Å². The zero-order valence-corrected chi connectivity index (χ0v) is 11.9. The lowest BCUT2D eigenvalue weighted by Crippen LogP contribution is -2.31. The number of carboxylic acid groups (broad SMARTS) is 2. The second kappa shape index (κ2) is 7.39. The van der Waals surface area contributed by atoms with Crippen LogP contribution in [0.4, 0.5) is 0 Å². The minimum Gasteiger partial charge on any atom is -0.481 e.